The average molecular weight is 599 g/mol. The van der Waals surface area contributed by atoms with Gasteiger partial charge in [0.15, 0.2) is 5.54 Å². The van der Waals surface area contributed by atoms with Gasteiger partial charge in [-0.2, -0.15) is 0 Å². The summed E-state index contributed by atoms with van der Waals surface area (Å²) in [5.41, 5.74) is 3.35. The Morgan fingerprint density at radius 2 is 1.68 bits per heavy atom. The molecule has 0 spiro atoms. The van der Waals surface area contributed by atoms with Crippen LogP contribution in [-0.4, -0.2) is 27.3 Å². The Labute approximate surface area is 244 Å². The lowest BCUT2D eigenvalue weighted by molar-refractivity contribution is -0.136. The average Bonchev–Trinajstić information content (AvgIpc) is 3.29. The molecule has 2 aliphatic rings. The summed E-state index contributed by atoms with van der Waals surface area (Å²) < 4.78 is 3.02. The molecule has 5 nitrogen and oxygen atoms in total. The van der Waals surface area contributed by atoms with Gasteiger partial charge in [-0.3, -0.25) is 9.59 Å². The number of rotatable bonds is 5. The Hall–Kier alpha value is -3.38. The molecular formula is C34H36BrN3O2. The number of hydrogen-bond donors (Lipinski definition) is 1. The van der Waals surface area contributed by atoms with Gasteiger partial charge in [0.05, 0.1) is 6.54 Å². The van der Waals surface area contributed by atoms with E-state index in [1.807, 2.05) is 65.6 Å². The van der Waals surface area contributed by atoms with Crippen molar-refractivity contribution in [3.05, 3.63) is 106 Å². The van der Waals surface area contributed by atoms with E-state index in [0.717, 1.165) is 57.7 Å². The summed E-state index contributed by atoms with van der Waals surface area (Å²) in [5.74, 6) is -0.218. The first-order valence-electron chi connectivity index (χ1n) is 14.5. The first kappa shape index (κ1) is 26.8. The normalized spacial score (nSPS) is 20.1. The molecule has 1 aliphatic heterocycles. The van der Waals surface area contributed by atoms with E-state index in [0.29, 0.717) is 18.8 Å². The maximum absolute atomic E-state index is 14.8. The predicted octanol–water partition coefficient (Wildman–Crippen LogP) is 7.49. The second kappa shape index (κ2) is 11.2. The molecule has 1 aliphatic carbocycles. The van der Waals surface area contributed by atoms with Crippen molar-refractivity contribution in [2.45, 2.75) is 76.5 Å². The molecule has 40 heavy (non-hydrogen) atoms. The highest BCUT2D eigenvalue weighted by molar-refractivity contribution is 9.10. The summed E-state index contributed by atoms with van der Waals surface area (Å²) in [5, 5.41) is 4.48. The van der Waals surface area contributed by atoms with E-state index in [4.69, 9.17) is 0 Å². The van der Waals surface area contributed by atoms with Crippen molar-refractivity contribution < 1.29 is 9.59 Å². The van der Waals surface area contributed by atoms with Crippen molar-refractivity contribution in [1.29, 1.82) is 0 Å². The maximum atomic E-state index is 14.8. The van der Waals surface area contributed by atoms with E-state index < -0.39 is 5.54 Å². The van der Waals surface area contributed by atoms with Crippen LogP contribution in [0.2, 0.25) is 0 Å². The number of fused-ring (bicyclic) bond motifs is 3. The van der Waals surface area contributed by atoms with Crippen LogP contribution < -0.4 is 5.32 Å². The molecule has 6 heteroatoms. The predicted molar refractivity (Wildman–Crippen MR) is 163 cm³/mol. The zero-order chi connectivity index (χ0) is 27.7. The lowest BCUT2D eigenvalue weighted by Gasteiger charge is -2.47. The molecule has 1 N–H and O–H groups in total. The van der Waals surface area contributed by atoms with Crippen molar-refractivity contribution >= 4 is 38.6 Å². The lowest BCUT2D eigenvalue weighted by Crippen LogP contribution is -2.64. The van der Waals surface area contributed by atoms with Crippen LogP contribution in [0.1, 0.15) is 72.1 Å². The molecule has 0 saturated heterocycles. The van der Waals surface area contributed by atoms with Crippen LogP contribution in [-0.2, 0) is 23.4 Å². The number of carbonyl (C=O) groups excluding carboxylic acids is 2. The van der Waals surface area contributed by atoms with Gasteiger partial charge in [0.25, 0.3) is 11.8 Å². The number of aromatic nitrogens is 1. The molecule has 206 valence electrons. The van der Waals surface area contributed by atoms with E-state index in [2.05, 4.69) is 50.9 Å². The van der Waals surface area contributed by atoms with Crippen LogP contribution in [0.15, 0.2) is 83.3 Å². The van der Waals surface area contributed by atoms with E-state index in [1.54, 1.807) is 0 Å². The number of benzene rings is 3. The summed E-state index contributed by atoms with van der Waals surface area (Å²) in [7, 11) is 0. The molecular weight excluding hydrogens is 562 g/mol. The number of amides is 2. The molecule has 1 atom stereocenters. The molecule has 1 saturated carbocycles. The van der Waals surface area contributed by atoms with Crippen molar-refractivity contribution in [3.8, 4) is 0 Å². The minimum atomic E-state index is -1.20. The summed E-state index contributed by atoms with van der Waals surface area (Å²) in [4.78, 5) is 31.2. The van der Waals surface area contributed by atoms with Crippen molar-refractivity contribution in [2.24, 2.45) is 0 Å². The van der Waals surface area contributed by atoms with Crippen molar-refractivity contribution in [1.82, 2.24) is 14.8 Å². The summed E-state index contributed by atoms with van der Waals surface area (Å²) >= 11 is 3.59. The highest BCUT2D eigenvalue weighted by Gasteiger charge is 2.52. The van der Waals surface area contributed by atoms with Gasteiger partial charge in [0.1, 0.15) is 5.69 Å². The quantitative estimate of drug-likeness (QED) is 0.259. The molecule has 2 amide bonds. The van der Waals surface area contributed by atoms with Crippen LogP contribution >= 0.6 is 15.9 Å². The highest BCUT2D eigenvalue weighted by Crippen LogP contribution is 2.41. The molecule has 6 rings (SSSR count). The van der Waals surface area contributed by atoms with Crippen molar-refractivity contribution in [3.63, 3.8) is 0 Å². The van der Waals surface area contributed by atoms with Crippen LogP contribution in [0.25, 0.3) is 10.9 Å². The summed E-state index contributed by atoms with van der Waals surface area (Å²) in [6.07, 6.45) is 7.89. The topological polar surface area (TPSA) is 54.3 Å². The van der Waals surface area contributed by atoms with E-state index >= 15 is 0 Å². The molecule has 4 aromatic rings. The fourth-order valence-electron chi connectivity index (χ4n) is 6.55. The molecule has 0 unspecified atom stereocenters. The third-order valence-corrected chi connectivity index (χ3v) is 9.16. The monoisotopic (exact) mass is 597 g/mol. The summed E-state index contributed by atoms with van der Waals surface area (Å²) in [6, 6.07) is 26.3. The Balaban J connectivity index is 1.52. The first-order chi connectivity index (χ1) is 19.5. The number of nitrogens with one attached hydrogen (secondary N) is 1. The summed E-state index contributed by atoms with van der Waals surface area (Å²) in [6.45, 7) is 2.75. The highest BCUT2D eigenvalue weighted by atomic mass is 79.9. The zero-order valence-corrected chi connectivity index (χ0v) is 24.6. The van der Waals surface area contributed by atoms with E-state index in [1.165, 1.54) is 19.3 Å². The number of nitrogens with zero attached hydrogens (tertiary/aromatic N) is 2. The number of hydrogen-bond acceptors (Lipinski definition) is 2. The molecule has 0 radical (unpaired) electrons. The molecule has 0 bridgehead atoms. The number of halogens is 1. The minimum absolute atomic E-state index is 0.0900. The fraction of sp³-hybridized carbons (Fsp3) is 0.353. The molecule has 3 aromatic carbocycles. The molecule has 1 fully saturated rings. The lowest BCUT2D eigenvalue weighted by atomic mass is 9.83. The third-order valence-electron chi connectivity index (χ3n) is 8.67. The van der Waals surface area contributed by atoms with Crippen LogP contribution in [0.4, 0.5) is 0 Å². The number of carbonyl (C=O) groups is 2. The Kier molecular flexibility index (Phi) is 7.54. The second-order valence-corrected chi connectivity index (χ2v) is 12.4. The van der Waals surface area contributed by atoms with Crippen LogP contribution in [0.5, 0.6) is 0 Å². The van der Waals surface area contributed by atoms with Gasteiger partial charge in [-0.25, -0.2) is 0 Å². The van der Waals surface area contributed by atoms with Gasteiger partial charge in [0, 0.05) is 28.0 Å². The fourth-order valence-corrected chi connectivity index (χ4v) is 7.00. The van der Waals surface area contributed by atoms with Gasteiger partial charge in [-0.05, 0) is 60.7 Å². The first-order valence-corrected chi connectivity index (χ1v) is 15.3. The van der Waals surface area contributed by atoms with Crippen LogP contribution in [0, 0.1) is 6.92 Å². The van der Waals surface area contributed by atoms with E-state index in [-0.39, 0.29) is 17.9 Å². The van der Waals surface area contributed by atoms with Gasteiger partial charge in [-0.1, -0.05) is 103 Å². The van der Waals surface area contributed by atoms with Crippen LogP contribution in [0.3, 0.4) is 0 Å². The Morgan fingerprint density at radius 3 is 2.42 bits per heavy atom. The molecule has 1 aromatic heterocycles. The SMILES string of the molecule is Cc1ccc2cc3n(c2c1)C[C@@](C(=O)NC1CCCCCCC1)(c1ccccc1)N(Cc1cccc(Br)c1)C3=O. The second-order valence-electron chi connectivity index (χ2n) is 11.4. The minimum Gasteiger partial charge on any atom is -0.351 e. The molecule has 2 heterocycles. The Morgan fingerprint density at radius 1 is 0.925 bits per heavy atom. The zero-order valence-electron chi connectivity index (χ0n) is 23.0. The Bertz CT molecular complexity index is 1540. The standard InChI is InChI=1S/C34H36BrN3O2/c1-24-17-18-26-21-31-32(39)38(22-25-11-10-14-28(35)20-25)34(23-37(31)30(26)19-24,27-12-6-5-7-13-27)33(40)36-29-15-8-3-2-4-9-16-29/h5-7,10-14,17-21,29H,2-4,8-9,15-16,22-23H2,1H3,(H,36,40)/t34-/m0/s1. The van der Waals surface area contributed by atoms with Gasteiger partial charge >= 0.3 is 0 Å². The van der Waals surface area contributed by atoms with Gasteiger partial charge < -0.3 is 14.8 Å². The largest absolute Gasteiger partial charge is 0.351 e. The smallest absolute Gasteiger partial charge is 0.272 e. The van der Waals surface area contributed by atoms with Crippen molar-refractivity contribution in [2.75, 3.05) is 0 Å². The third kappa shape index (κ3) is 4.98. The van der Waals surface area contributed by atoms with Gasteiger partial charge in [0.2, 0.25) is 0 Å². The maximum Gasteiger partial charge on any atom is 0.272 e. The number of aryl methyl sites for hydroxylation is 1. The van der Waals surface area contributed by atoms with E-state index in [9.17, 15) is 9.59 Å². The van der Waals surface area contributed by atoms with Gasteiger partial charge in [-0.15, -0.1) is 0 Å².